The van der Waals surface area contributed by atoms with E-state index >= 15 is 0 Å². The molecule has 2 nitrogen and oxygen atoms in total. The van der Waals surface area contributed by atoms with Crippen molar-refractivity contribution in [1.82, 2.24) is 4.90 Å². The predicted molar refractivity (Wildman–Crippen MR) is 99.1 cm³/mol. The van der Waals surface area contributed by atoms with Crippen LogP contribution in [0.15, 0.2) is 52.3 Å². The van der Waals surface area contributed by atoms with Gasteiger partial charge in [0.1, 0.15) is 0 Å². The van der Waals surface area contributed by atoms with Crippen LogP contribution in [0.3, 0.4) is 0 Å². The zero-order valence-electron chi connectivity index (χ0n) is 15.1. The SMILES string of the molecule is CCC=NC1=C/C(=C/C=C\CC)C(C)C=C1N(C)CC(C)C. The second-order valence-corrected chi connectivity index (χ2v) is 6.37. The van der Waals surface area contributed by atoms with E-state index in [1.807, 2.05) is 6.21 Å². The highest BCUT2D eigenvalue weighted by Crippen LogP contribution is 2.30. The van der Waals surface area contributed by atoms with E-state index in [1.54, 1.807) is 0 Å². The third-order valence-corrected chi connectivity index (χ3v) is 3.62. The third kappa shape index (κ3) is 5.67. The van der Waals surface area contributed by atoms with E-state index in [2.05, 4.69) is 81.9 Å². The predicted octanol–water partition coefficient (Wildman–Crippen LogP) is 5.37. The minimum Gasteiger partial charge on any atom is -0.373 e. The lowest BCUT2D eigenvalue weighted by atomic mass is 9.92. The van der Waals surface area contributed by atoms with Gasteiger partial charge >= 0.3 is 0 Å². The first-order valence-electron chi connectivity index (χ1n) is 8.53. The van der Waals surface area contributed by atoms with Gasteiger partial charge in [0, 0.05) is 25.7 Å². The van der Waals surface area contributed by atoms with E-state index in [9.17, 15) is 0 Å². The molecule has 0 radical (unpaired) electrons. The van der Waals surface area contributed by atoms with Gasteiger partial charge in [0.05, 0.1) is 11.4 Å². The lowest BCUT2D eigenvalue weighted by Gasteiger charge is -2.29. The lowest BCUT2D eigenvalue weighted by Crippen LogP contribution is -2.25. The molecule has 0 saturated carbocycles. The number of likely N-dealkylation sites (N-methyl/N-ethyl adjacent to an activating group) is 1. The average molecular weight is 300 g/mol. The standard InChI is InChI=1S/C20H32N2/c1-7-9-10-11-18-14-19(21-12-8-2)20(13-17(18)5)22(6)15-16(3)4/h9-14,16-17H,7-8,15H2,1-6H3/b10-9-,18-11-,21-12?. The number of hydrogen-bond donors (Lipinski definition) is 0. The Balaban J connectivity index is 3.09. The second kappa shape index (κ2) is 9.45. The number of nitrogens with zero attached hydrogens (tertiary/aromatic N) is 2. The Morgan fingerprint density at radius 2 is 2.00 bits per heavy atom. The van der Waals surface area contributed by atoms with Crippen molar-refractivity contribution in [2.24, 2.45) is 16.8 Å². The second-order valence-electron chi connectivity index (χ2n) is 6.37. The fourth-order valence-corrected chi connectivity index (χ4v) is 2.56. The van der Waals surface area contributed by atoms with E-state index in [-0.39, 0.29) is 0 Å². The summed E-state index contributed by atoms with van der Waals surface area (Å²) in [4.78, 5) is 7.02. The molecule has 22 heavy (non-hydrogen) atoms. The van der Waals surface area contributed by atoms with E-state index in [1.165, 1.54) is 11.3 Å². The van der Waals surface area contributed by atoms with Crippen LogP contribution in [0.25, 0.3) is 0 Å². The van der Waals surface area contributed by atoms with Crippen molar-refractivity contribution in [3.05, 3.63) is 47.3 Å². The zero-order valence-corrected chi connectivity index (χ0v) is 15.1. The third-order valence-electron chi connectivity index (χ3n) is 3.62. The fourth-order valence-electron chi connectivity index (χ4n) is 2.56. The Bertz CT molecular complexity index is 490. The van der Waals surface area contributed by atoms with Gasteiger partial charge in [0.25, 0.3) is 0 Å². The monoisotopic (exact) mass is 300 g/mol. The molecule has 0 aromatic heterocycles. The van der Waals surface area contributed by atoms with E-state index in [0.717, 1.165) is 25.1 Å². The van der Waals surface area contributed by atoms with Crippen LogP contribution < -0.4 is 0 Å². The summed E-state index contributed by atoms with van der Waals surface area (Å²) in [5, 5.41) is 0. The zero-order chi connectivity index (χ0) is 16.5. The van der Waals surface area contributed by atoms with Crippen LogP contribution in [0, 0.1) is 11.8 Å². The van der Waals surface area contributed by atoms with Crippen molar-refractivity contribution in [1.29, 1.82) is 0 Å². The quantitative estimate of drug-likeness (QED) is 0.577. The molecule has 0 aliphatic heterocycles. The first-order valence-corrected chi connectivity index (χ1v) is 8.53. The highest BCUT2D eigenvalue weighted by atomic mass is 15.1. The summed E-state index contributed by atoms with van der Waals surface area (Å²) in [5.41, 5.74) is 3.66. The van der Waals surface area contributed by atoms with Crippen LogP contribution in [0.5, 0.6) is 0 Å². The van der Waals surface area contributed by atoms with Crippen molar-refractivity contribution in [2.45, 2.75) is 47.5 Å². The molecule has 0 saturated heterocycles. The molecule has 0 aromatic rings. The summed E-state index contributed by atoms with van der Waals surface area (Å²) >= 11 is 0. The van der Waals surface area contributed by atoms with Gasteiger partial charge in [-0.15, -0.1) is 0 Å². The molecule has 0 bridgehead atoms. The van der Waals surface area contributed by atoms with Crippen LogP contribution in [0.1, 0.15) is 47.5 Å². The topological polar surface area (TPSA) is 15.6 Å². The Hall–Kier alpha value is -1.57. The molecule has 0 aromatic carbocycles. The maximum absolute atomic E-state index is 4.69. The summed E-state index contributed by atoms with van der Waals surface area (Å²) in [6, 6.07) is 0. The van der Waals surface area contributed by atoms with Gasteiger partial charge in [0.15, 0.2) is 0 Å². The molecule has 1 aliphatic carbocycles. The van der Waals surface area contributed by atoms with E-state index in [4.69, 9.17) is 0 Å². The molecule has 0 N–H and O–H groups in total. The van der Waals surface area contributed by atoms with Crippen molar-refractivity contribution < 1.29 is 0 Å². The first kappa shape index (κ1) is 18.5. The van der Waals surface area contributed by atoms with E-state index in [0.29, 0.717) is 11.8 Å². The number of hydrogen-bond acceptors (Lipinski definition) is 2. The molecule has 1 aliphatic rings. The van der Waals surface area contributed by atoms with Gasteiger partial charge in [-0.1, -0.05) is 58.9 Å². The molecule has 1 rings (SSSR count). The summed E-state index contributed by atoms with van der Waals surface area (Å²) in [7, 11) is 2.17. The van der Waals surface area contributed by atoms with Gasteiger partial charge in [-0.25, -0.2) is 0 Å². The van der Waals surface area contributed by atoms with Gasteiger partial charge in [-0.3, -0.25) is 4.99 Å². The number of allylic oxidation sites excluding steroid dienone is 6. The Labute approximate surface area is 137 Å². The molecule has 2 heteroatoms. The highest BCUT2D eigenvalue weighted by Gasteiger charge is 2.19. The molecular weight excluding hydrogens is 268 g/mol. The van der Waals surface area contributed by atoms with Gasteiger partial charge in [-0.2, -0.15) is 0 Å². The number of aliphatic imine (C=N–C) groups is 1. The molecule has 0 spiro atoms. The van der Waals surface area contributed by atoms with Gasteiger partial charge < -0.3 is 4.90 Å². The van der Waals surface area contributed by atoms with E-state index < -0.39 is 0 Å². The molecule has 0 amide bonds. The minimum absolute atomic E-state index is 0.423. The molecule has 122 valence electrons. The summed E-state index contributed by atoms with van der Waals surface area (Å²) in [6.07, 6.45) is 15.2. The smallest absolute Gasteiger partial charge is 0.0858 e. The van der Waals surface area contributed by atoms with Crippen LogP contribution in [-0.2, 0) is 0 Å². The van der Waals surface area contributed by atoms with Crippen LogP contribution in [-0.4, -0.2) is 24.7 Å². The maximum atomic E-state index is 4.69. The number of rotatable bonds is 7. The molecular formula is C20H32N2. The Kier molecular flexibility index (Phi) is 7.94. The molecule has 1 unspecified atom stereocenters. The van der Waals surface area contributed by atoms with Crippen LogP contribution in [0.4, 0.5) is 0 Å². The fraction of sp³-hybridized carbons (Fsp3) is 0.550. The summed E-state index contributed by atoms with van der Waals surface area (Å²) in [5.74, 6) is 1.06. The maximum Gasteiger partial charge on any atom is 0.0858 e. The highest BCUT2D eigenvalue weighted by molar-refractivity contribution is 5.61. The average Bonchev–Trinajstić information content (AvgIpc) is 2.46. The Morgan fingerprint density at radius 3 is 2.59 bits per heavy atom. The van der Waals surface area contributed by atoms with Crippen molar-refractivity contribution in [3.8, 4) is 0 Å². The van der Waals surface area contributed by atoms with Crippen molar-refractivity contribution in [3.63, 3.8) is 0 Å². The van der Waals surface area contributed by atoms with Crippen molar-refractivity contribution >= 4 is 6.21 Å². The first-order chi connectivity index (χ1) is 10.5. The molecule has 0 heterocycles. The largest absolute Gasteiger partial charge is 0.373 e. The van der Waals surface area contributed by atoms with Gasteiger partial charge in [-0.05, 0) is 30.4 Å². The van der Waals surface area contributed by atoms with Gasteiger partial charge in [0.2, 0.25) is 0 Å². The molecule has 1 atom stereocenters. The van der Waals surface area contributed by atoms with Crippen LogP contribution >= 0.6 is 0 Å². The minimum atomic E-state index is 0.423. The lowest BCUT2D eigenvalue weighted by molar-refractivity contribution is 0.363. The van der Waals surface area contributed by atoms with Crippen LogP contribution in [0.2, 0.25) is 0 Å². The normalized spacial score (nSPS) is 21.0. The summed E-state index contributed by atoms with van der Waals surface area (Å²) < 4.78 is 0. The Morgan fingerprint density at radius 1 is 1.27 bits per heavy atom. The molecule has 0 fully saturated rings. The summed E-state index contributed by atoms with van der Waals surface area (Å²) in [6.45, 7) is 12.1. The van der Waals surface area contributed by atoms with Crippen molar-refractivity contribution in [2.75, 3.05) is 13.6 Å².